The summed E-state index contributed by atoms with van der Waals surface area (Å²) in [6.07, 6.45) is 8.62. The molecule has 1 fully saturated rings. The van der Waals surface area contributed by atoms with Crippen LogP contribution in [0.2, 0.25) is 0 Å². The van der Waals surface area contributed by atoms with Crippen molar-refractivity contribution in [1.29, 1.82) is 0 Å². The van der Waals surface area contributed by atoms with E-state index in [1.54, 1.807) is 6.20 Å². The second-order valence-electron chi connectivity index (χ2n) is 7.28. The quantitative estimate of drug-likeness (QED) is 0.905. The summed E-state index contributed by atoms with van der Waals surface area (Å²) in [6.45, 7) is 10.4. The number of rotatable bonds is 5. The van der Waals surface area contributed by atoms with Crippen LogP contribution in [0.25, 0.3) is 0 Å². The average Bonchev–Trinajstić information content (AvgIpc) is 2.98. The predicted octanol–water partition coefficient (Wildman–Crippen LogP) is 2.65. The van der Waals surface area contributed by atoms with Gasteiger partial charge in [-0.2, -0.15) is 0 Å². The number of hydrogen-bond donors (Lipinski definition) is 1. The Kier molecular flexibility index (Phi) is 6.04. The Labute approximate surface area is 139 Å². The molecule has 0 aromatic carbocycles. The lowest BCUT2D eigenvalue weighted by Gasteiger charge is -2.40. The first kappa shape index (κ1) is 17.8. The first-order chi connectivity index (χ1) is 10.9. The van der Waals surface area contributed by atoms with Crippen LogP contribution in [0.3, 0.4) is 0 Å². The van der Waals surface area contributed by atoms with E-state index in [-0.39, 0.29) is 18.2 Å². The van der Waals surface area contributed by atoms with E-state index in [1.807, 2.05) is 42.8 Å². The van der Waals surface area contributed by atoms with E-state index >= 15 is 0 Å². The van der Waals surface area contributed by atoms with Gasteiger partial charge < -0.3 is 19.5 Å². The molecule has 0 saturated carbocycles. The standard InChI is InChI=1S/C17H30N4O2/c1-14(19-9-12-20-11-8-18-13-20)15-7-5-6-10-21(15)16(22)23-17(2,3)4/h8,11,13-15,19H,5-7,9-10,12H2,1-4H3/t14?,15-/m0/s1. The molecule has 23 heavy (non-hydrogen) atoms. The Balaban J connectivity index is 1.87. The van der Waals surface area contributed by atoms with Crippen molar-refractivity contribution in [3.63, 3.8) is 0 Å². The molecular weight excluding hydrogens is 292 g/mol. The van der Waals surface area contributed by atoms with Gasteiger partial charge in [-0.05, 0) is 47.0 Å². The first-order valence-corrected chi connectivity index (χ1v) is 8.55. The Hall–Kier alpha value is -1.56. The van der Waals surface area contributed by atoms with Crippen LogP contribution in [0.15, 0.2) is 18.7 Å². The van der Waals surface area contributed by atoms with Crippen molar-refractivity contribution >= 4 is 6.09 Å². The summed E-state index contributed by atoms with van der Waals surface area (Å²) < 4.78 is 7.62. The van der Waals surface area contributed by atoms with Crippen LogP contribution in [0, 0.1) is 0 Å². The summed E-state index contributed by atoms with van der Waals surface area (Å²) in [6, 6.07) is 0.438. The number of amides is 1. The van der Waals surface area contributed by atoms with Gasteiger partial charge in [-0.25, -0.2) is 9.78 Å². The Morgan fingerprint density at radius 2 is 2.22 bits per heavy atom. The average molecular weight is 322 g/mol. The predicted molar refractivity (Wildman–Crippen MR) is 90.3 cm³/mol. The summed E-state index contributed by atoms with van der Waals surface area (Å²) in [5, 5.41) is 3.54. The third-order valence-electron chi connectivity index (χ3n) is 4.15. The van der Waals surface area contributed by atoms with Crippen LogP contribution in [-0.4, -0.2) is 51.3 Å². The molecule has 2 atom stereocenters. The highest BCUT2D eigenvalue weighted by Crippen LogP contribution is 2.22. The fraction of sp³-hybridized carbons (Fsp3) is 0.765. The molecule has 2 heterocycles. The molecule has 1 aliphatic rings. The van der Waals surface area contributed by atoms with Gasteiger partial charge in [0.2, 0.25) is 0 Å². The van der Waals surface area contributed by atoms with E-state index in [1.165, 1.54) is 0 Å². The number of likely N-dealkylation sites (tertiary alicyclic amines) is 1. The molecule has 130 valence electrons. The number of aromatic nitrogens is 2. The van der Waals surface area contributed by atoms with E-state index in [0.717, 1.165) is 38.9 Å². The second kappa shape index (κ2) is 7.81. The monoisotopic (exact) mass is 322 g/mol. The van der Waals surface area contributed by atoms with Gasteiger partial charge in [0, 0.05) is 38.1 Å². The fourth-order valence-electron chi connectivity index (χ4n) is 3.00. The lowest BCUT2D eigenvalue weighted by atomic mass is 9.97. The van der Waals surface area contributed by atoms with Gasteiger partial charge in [-0.3, -0.25) is 0 Å². The number of imidazole rings is 1. The van der Waals surface area contributed by atoms with Crippen LogP contribution in [-0.2, 0) is 11.3 Å². The van der Waals surface area contributed by atoms with Gasteiger partial charge in [0.05, 0.1) is 12.4 Å². The van der Waals surface area contributed by atoms with E-state index < -0.39 is 5.60 Å². The van der Waals surface area contributed by atoms with Gasteiger partial charge in [0.15, 0.2) is 0 Å². The van der Waals surface area contributed by atoms with E-state index in [4.69, 9.17) is 4.74 Å². The van der Waals surface area contributed by atoms with Crippen molar-refractivity contribution in [1.82, 2.24) is 19.8 Å². The zero-order valence-corrected chi connectivity index (χ0v) is 14.8. The van der Waals surface area contributed by atoms with Crippen molar-refractivity contribution in [2.24, 2.45) is 0 Å². The van der Waals surface area contributed by atoms with E-state index in [2.05, 4.69) is 17.2 Å². The number of hydrogen-bond acceptors (Lipinski definition) is 4. The molecule has 6 heteroatoms. The Bertz CT molecular complexity index is 481. The Morgan fingerprint density at radius 1 is 1.43 bits per heavy atom. The van der Waals surface area contributed by atoms with Gasteiger partial charge >= 0.3 is 6.09 Å². The molecule has 0 radical (unpaired) electrons. The van der Waals surface area contributed by atoms with Crippen LogP contribution >= 0.6 is 0 Å². The largest absolute Gasteiger partial charge is 0.444 e. The molecule has 1 N–H and O–H groups in total. The van der Waals surface area contributed by atoms with Gasteiger partial charge in [0.25, 0.3) is 0 Å². The molecular formula is C17H30N4O2. The molecule has 1 aromatic rings. The van der Waals surface area contributed by atoms with Gasteiger partial charge in [-0.15, -0.1) is 0 Å². The van der Waals surface area contributed by atoms with Crippen molar-refractivity contribution in [2.75, 3.05) is 13.1 Å². The van der Waals surface area contributed by atoms with Gasteiger partial charge in [-0.1, -0.05) is 0 Å². The summed E-state index contributed by atoms with van der Waals surface area (Å²) in [5.41, 5.74) is -0.447. The van der Waals surface area contributed by atoms with Crippen molar-refractivity contribution in [3.8, 4) is 0 Å². The molecule has 0 aliphatic carbocycles. The van der Waals surface area contributed by atoms with Gasteiger partial charge in [0.1, 0.15) is 5.60 Å². The number of nitrogens with zero attached hydrogens (tertiary/aromatic N) is 3. The molecule has 1 amide bonds. The van der Waals surface area contributed by atoms with E-state index in [9.17, 15) is 4.79 Å². The number of carbonyl (C=O) groups excluding carboxylic acids is 1. The minimum atomic E-state index is -0.447. The molecule has 1 saturated heterocycles. The Morgan fingerprint density at radius 3 is 2.87 bits per heavy atom. The zero-order valence-electron chi connectivity index (χ0n) is 14.8. The summed E-state index contributed by atoms with van der Waals surface area (Å²) >= 11 is 0. The number of nitrogens with one attached hydrogen (secondary N) is 1. The molecule has 0 bridgehead atoms. The van der Waals surface area contributed by atoms with Crippen molar-refractivity contribution < 1.29 is 9.53 Å². The van der Waals surface area contributed by atoms with E-state index in [0.29, 0.717) is 0 Å². The van der Waals surface area contributed by atoms with Crippen molar-refractivity contribution in [3.05, 3.63) is 18.7 Å². The lowest BCUT2D eigenvalue weighted by Crippen LogP contribution is -2.54. The van der Waals surface area contributed by atoms with Crippen LogP contribution in [0.5, 0.6) is 0 Å². The number of piperidine rings is 1. The fourth-order valence-corrected chi connectivity index (χ4v) is 3.00. The van der Waals surface area contributed by atoms with Crippen LogP contribution in [0.1, 0.15) is 47.0 Å². The lowest BCUT2D eigenvalue weighted by molar-refractivity contribution is 0.00559. The molecule has 0 spiro atoms. The third kappa shape index (κ3) is 5.53. The highest BCUT2D eigenvalue weighted by molar-refractivity contribution is 5.68. The molecule has 2 rings (SSSR count). The second-order valence-corrected chi connectivity index (χ2v) is 7.28. The zero-order chi connectivity index (χ0) is 16.9. The maximum absolute atomic E-state index is 12.5. The normalized spacial score (nSPS) is 20.3. The number of carbonyl (C=O) groups is 1. The minimum absolute atomic E-state index is 0.189. The highest BCUT2D eigenvalue weighted by Gasteiger charge is 2.33. The molecule has 6 nitrogen and oxygen atoms in total. The number of ether oxygens (including phenoxy) is 1. The maximum atomic E-state index is 12.5. The topological polar surface area (TPSA) is 59.4 Å². The minimum Gasteiger partial charge on any atom is -0.444 e. The summed E-state index contributed by atoms with van der Waals surface area (Å²) in [4.78, 5) is 18.4. The maximum Gasteiger partial charge on any atom is 0.410 e. The third-order valence-corrected chi connectivity index (χ3v) is 4.15. The molecule has 1 aliphatic heterocycles. The summed E-state index contributed by atoms with van der Waals surface area (Å²) in [7, 11) is 0. The van der Waals surface area contributed by atoms with Crippen molar-refractivity contribution in [2.45, 2.75) is 71.2 Å². The highest BCUT2D eigenvalue weighted by atomic mass is 16.6. The summed E-state index contributed by atoms with van der Waals surface area (Å²) in [5.74, 6) is 0. The molecule has 1 unspecified atom stereocenters. The first-order valence-electron chi connectivity index (χ1n) is 8.55. The van der Waals surface area contributed by atoms with Crippen LogP contribution in [0.4, 0.5) is 4.79 Å². The van der Waals surface area contributed by atoms with Crippen LogP contribution < -0.4 is 5.32 Å². The SMILES string of the molecule is CC(NCCn1ccnc1)[C@@H]1CCCCN1C(=O)OC(C)(C)C. The smallest absolute Gasteiger partial charge is 0.410 e. The molecule has 1 aromatic heterocycles.